The van der Waals surface area contributed by atoms with Crippen LogP contribution in [-0.2, 0) is 6.54 Å². The molecule has 1 aromatic carbocycles. The van der Waals surface area contributed by atoms with E-state index in [2.05, 4.69) is 18.9 Å². The zero-order chi connectivity index (χ0) is 19.1. The van der Waals surface area contributed by atoms with Gasteiger partial charge in [-0.25, -0.2) is 0 Å². The van der Waals surface area contributed by atoms with Crippen LogP contribution in [0.2, 0.25) is 5.02 Å². The summed E-state index contributed by atoms with van der Waals surface area (Å²) < 4.78 is 1.90. The van der Waals surface area contributed by atoms with Crippen molar-refractivity contribution in [3.05, 3.63) is 51.8 Å². The van der Waals surface area contributed by atoms with E-state index in [0.717, 1.165) is 23.4 Å². The lowest BCUT2D eigenvalue weighted by molar-refractivity contribution is 0.0531. The van der Waals surface area contributed by atoms with E-state index in [9.17, 15) is 4.79 Å². The molecule has 0 saturated carbocycles. The predicted octanol–water partition coefficient (Wildman–Crippen LogP) is 3.82. The molecule has 7 heteroatoms. The van der Waals surface area contributed by atoms with Gasteiger partial charge in [-0.15, -0.1) is 12.4 Å². The fourth-order valence-corrected chi connectivity index (χ4v) is 3.75. The van der Waals surface area contributed by atoms with Crippen molar-refractivity contribution in [1.82, 2.24) is 14.7 Å². The highest BCUT2D eigenvalue weighted by Crippen LogP contribution is 2.29. The molecule has 3 rings (SSSR count). The van der Waals surface area contributed by atoms with Gasteiger partial charge in [0.15, 0.2) is 0 Å². The van der Waals surface area contributed by atoms with Gasteiger partial charge < -0.3 is 10.6 Å². The molecule has 2 aromatic rings. The highest BCUT2D eigenvalue weighted by atomic mass is 35.5. The van der Waals surface area contributed by atoms with Crippen molar-refractivity contribution in [2.75, 3.05) is 13.1 Å². The Morgan fingerprint density at radius 1 is 1.30 bits per heavy atom. The molecule has 27 heavy (non-hydrogen) atoms. The van der Waals surface area contributed by atoms with Crippen LogP contribution in [-0.4, -0.2) is 39.7 Å². The molecular weight excluding hydrogens is 383 g/mol. The third kappa shape index (κ3) is 4.48. The first-order valence-electron chi connectivity index (χ1n) is 9.02. The maximum atomic E-state index is 13.2. The summed E-state index contributed by atoms with van der Waals surface area (Å²) in [5.74, 6) is 0.0577. The van der Waals surface area contributed by atoms with Crippen molar-refractivity contribution in [3.8, 4) is 0 Å². The molecule has 1 amide bonds. The Balaban J connectivity index is 0.00000261. The van der Waals surface area contributed by atoms with E-state index >= 15 is 0 Å². The Morgan fingerprint density at radius 2 is 1.93 bits per heavy atom. The van der Waals surface area contributed by atoms with Gasteiger partial charge in [0.2, 0.25) is 0 Å². The minimum absolute atomic E-state index is 0. The average Bonchev–Trinajstić information content (AvgIpc) is 2.85. The Bertz CT molecular complexity index is 814. The van der Waals surface area contributed by atoms with Crippen LogP contribution in [0.25, 0.3) is 0 Å². The van der Waals surface area contributed by atoms with Crippen molar-refractivity contribution >= 4 is 29.9 Å². The third-order valence-corrected chi connectivity index (χ3v) is 5.69. The smallest absolute Gasteiger partial charge is 0.257 e. The number of aromatic nitrogens is 2. The summed E-state index contributed by atoms with van der Waals surface area (Å²) in [4.78, 5) is 15.1. The predicted molar refractivity (Wildman–Crippen MR) is 112 cm³/mol. The molecule has 1 aliphatic heterocycles. The van der Waals surface area contributed by atoms with Crippen LogP contribution in [0, 0.1) is 19.3 Å². The van der Waals surface area contributed by atoms with Gasteiger partial charge in [-0.1, -0.05) is 37.6 Å². The Labute approximate surface area is 172 Å². The fourth-order valence-electron chi connectivity index (χ4n) is 3.63. The molecule has 0 radical (unpaired) electrons. The Hall–Kier alpha value is -1.56. The summed E-state index contributed by atoms with van der Waals surface area (Å²) in [6.07, 6.45) is 0.829. The highest BCUT2D eigenvalue weighted by molar-refractivity contribution is 6.30. The number of aryl methyl sites for hydroxylation is 1. The first kappa shape index (κ1) is 21.7. The summed E-state index contributed by atoms with van der Waals surface area (Å²) in [5, 5.41) is 5.32. The molecule has 1 unspecified atom stereocenters. The van der Waals surface area contributed by atoms with E-state index in [1.54, 1.807) is 0 Å². The maximum absolute atomic E-state index is 13.2. The van der Waals surface area contributed by atoms with E-state index in [-0.39, 0.29) is 29.8 Å². The van der Waals surface area contributed by atoms with Gasteiger partial charge in [0.25, 0.3) is 5.91 Å². The number of piperidine rings is 1. The molecule has 2 heterocycles. The summed E-state index contributed by atoms with van der Waals surface area (Å²) >= 11 is 5.95. The second-order valence-corrected chi connectivity index (χ2v) is 8.38. The molecule has 0 bridgehead atoms. The lowest BCUT2D eigenvalue weighted by Crippen LogP contribution is -2.54. The Morgan fingerprint density at radius 3 is 2.52 bits per heavy atom. The molecule has 148 valence electrons. The lowest BCUT2D eigenvalue weighted by atomic mass is 9.79. The highest BCUT2D eigenvalue weighted by Gasteiger charge is 2.36. The topological polar surface area (TPSA) is 64.2 Å². The first-order chi connectivity index (χ1) is 12.2. The largest absolute Gasteiger partial charge is 0.338 e. The van der Waals surface area contributed by atoms with Crippen LogP contribution in [0.5, 0.6) is 0 Å². The second kappa shape index (κ2) is 8.21. The molecule has 1 fully saturated rings. The van der Waals surface area contributed by atoms with E-state index in [0.29, 0.717) is 30.2 Å². The van der Waals surface area contributed by atoms with E-state index in [4.69, 9.17) is 17.3 Å². The van der Waals surface area contributed by atoms with Crippen molar-refractivity contribution < 1.29 is 4.79 Å². The van der Waals surface area contributed by atoms with Gasteiger partial charge in [0.05, 0.1) is 17.8 Å². The minimum Gasteiger partial charge on any atom is -0.338 e. The lowest BCUT2D eigenvalue weighted by Gasteiger charge is -2.42. The van der Waals surface area contributed by atoms with Crippen LogP contribution in [0.15, 0.2) is 24.3 Å². The van der Waals surface area contributed by atoms with Crippen molar-refractivity contribution in [2.45, 2.75) is 46.7 Å². The number of hydrogen-bond acceptors (Lipinski definition) is 3. The van der Waals surface area contributed by atoms with Crippen LogP contribution in [0.4, 0.5) is 0 Å². The number of halogens is 2. The number of likely N-dealkylation sites (tertiary alicyclic amines) is 1. The van der Waals surface area contributed by atoms with Gasteiger partial charge in [0.1, 0.15) is 0 Å². The van der Waals surface area contributed by atoms with Gasteiger partial charge in [-0.3, -0.25) is 9.48 Å². The molecule has 2 N–H and O–H groups in total. The summed E-state index contributed by atoms with van der Waals surface area (Å²) in [5.41, 5.74) is 9.62. The number of amides is 1. The number of carbonyl (C=O) groups excluding carboxylic acids is 1. The summed E-state index contributed by atoms with van der Waals surface area (Å²) in [6.45, 7) is 10.1. The molecule has 1 aromatic heterocycles. The molecular formula is C20H28Cl2N4O. The second-order valence-electron chi connectivity index (χ2n) is 7.94. The average molecular weight is 411 g/mol. The zero-order valence-corrected chi connectivity index (χ0v) is 17.9. The number of hydrogen-bond donors (Lipinski definition) is 1. The first-order valence-corrected chi connectivity index (χ1v) is 9.40. The zero-order valence-electron chi connectivity index (χ0n) is 16.3. The van der Waals surface area contributed by atoms with Crippen LogP contribution < -0.4 is 5.73 Å². The number of carbonyl (C=O) groups is 1. The molecule has 1 atom stereocenters. The van der Waals surface area contributed by atoms with Crippen molar-refractivity contribution in [1.29, 1.82) is 0 Å². The molecule has 1 saturated heterocycles. The quantitative estimate of drug-likeness (QED) is 0.835. The molecule has 1 aliphatic rings. The summed E-state index contributed by atoms with van der Waals surface area (Å²) in [6, 6.07) is 7.83. The van der Waals surface area contributed by atoms with Crippen molar-refractivity contribution in [2.24, 2.45) is 11.1 Å². The molecule has 5 nitrogen and oxygen atoms in total. The van der Waals surface area contributed by atoms with E-state index < -0.39 is 0 Å². The van der Waals surface area contributed by atoms with Crippen LogP contribution >= 0.6 is 24.0 Å². The van der Waals surface area contributed by atoms with Gasteiger partial charge >= 0.3 is 0 Å². The number of benzene rings is 1. The van der Waals surface area contributed by atoms with E-state index in [1.165, 1.54) is 0 Å². The molecule has 0 spiro atoms. The number of nitrogens with two attached hydrogens (primary N) is 1. The number of rotatable bonds is 3. The van der Waals surface area contributed by atoms with Crippen LogP contribution in [0.1, 0.15) is 47.6 Å². The van der Waals surface area contributed by atoms with E-state index in [1.807, 2.05) is 47.7 Å². The summed E-state index contributed by atoms with van der Waals surface area (Å²) in [7, 11) is 0. The van der Waals surface area contributed by atoms with Gasteiger partial charge in [-0.2, -0.15) is 5.10 Å². The third-order valence-electron chi connectivity index (χ3n) is 5.44. The minimum atomic E-state index is -0.0744. The molecule has 0 aliphatic carbocycles. The standard InChI is InChI=1S/C20H27ClN4O.ClH/c1-13-18(19(26)24-10-9-17(22)20(3,4)12-24)14(2)25(23-13)11-15-5-7-16(21)8-6-15;/h5-8,17H,9-12,22H2,1-4H3;1H. The SMILES string of the molecule is Cc1nn(Cc2ccc(Cl)cc2)c(C)c1C(=O)N1CCC(N)C(C)(C)C1.Cl. The monoisotopic (exact) mass is 410 g/mol. The van der Waals surface area contributed by atoms with Gasteiger partial charge in [-0.05, 0) is 43.4 Å². The number of nitrogens with zero attached hydrogens (tertiary/aromatic N) is 3. The Kier molecular flexibility index (Phi) is 6.61. The van der Waals surface area contributed by atoms with Crippen LogP contribution in [0.3, 0.4) is 0 Å². The normalized spacial score (nSPS) is 18.9. The fraction of sp³-hybridized carbons (Fsp3) is 0.500. The van der Waals surface area contributed by atoms with Gasteiger partial charge in [0, 0.05) is 29.8 Å². The van der Waals surface area contributed by atoms with Crippen molar-refractivity contribution in [3.63, 3.8) is 0 Å². The maximum Gasteiger partial charge on any atom is 0.257 e.